The molecule has 2 rings (SSSR count). The standard InChI is InChI=1S/C18H29F3N6/c1-3-22-17(26-13-14-7-6-12-27(14)4-2)25-11-10-24-16-15(18(19,20)21)8-5-9-23-16/h5,8-9,14H,3-4,6-7,10-13H2,1-2H3,(H,23,24)(H2,22,25,26). The number of hydrogen-bond acceptors (Lipinski definition) is 4. The van der Waals surface area contributed by atoms with Gasteiger partial charge in [-0.05, 0) is 45.0 Å². The van der Waals surface area contributed by atoms with E-state index in [4.69, 9.17) is 0 Å². The minimum absolute atomic E-state index is 0.154. The van der Waals surface area contributed by atoms with Crippen LogP contribution in [0.2, 0.25) is 0 Å². The molecule has 1 unspecified atom stereocenters. The van der Waals surface area contributed by atoms with Crippen molar-refractivity contribution < 1.29 is 13.2 Å². The topological polar surface area (TPSA) is 64.6 Å². The average Bonchev–Trinajstić information content (AvgIpc) is 3.10. The molecule has 0 aromatic carbocycles. The molecule has 6 nitrogen and oxygen atoms in total. The molecule has 0 aliphatic carbocycles. The van der Waals surface area contributed by atoms with Crippen LogP contribution in [0.25, 0.3) is 0 Å². The molecule has 2 heterocycles. The van der Waals surface area contributed by atoms with E-state index in [1.165, 1.54) is 18.7 Å². The summed E-state index contributed by atoms with van der Waals surface area (Å²) in [6.45, 7) is 8.46. The van der Waals surface area contributed by atoms with Crippen LogP contribution in [0.1, 0.15) is 32.3 Å². The van der Waals surface area contributed by atoms with Gasteiger partial charge in [0.05, 0.1) is 12.1 Å². The highest BCUT2D eigenvalue weighted by Gasteiger charge is 2.33. The number of hydrogen-bond donors (Lipinski definition) is 3. The first-order chi connectivity index (χ1) is 13.0. The summed E-state index contributed by atoms with van der Waals surface area (Å²) in [5.41, 5.74) is -0.758. The number of pyridine rings is 1. The first-order valence-corrected chi connectivity index (χ1v) is 9.48. The van der Waals surface area contributed by atoms with Crippen LogP contribution in [0.4, 0.5) is 19.0 Å². The number of aromatic nitrogens is 1. The molecule has 27 heavy (non-hydrogen) atoms. The van der Waals surface area contributed by atoms with Crippen molar-refractivity contribution in [2.45, 2.75) is 38.9 Å². The van der Waals surface area contributed by atoms with Gasteiger partial charge in [-0.25, -0.2) is 4.98 Å². The van der Waals surface area contributed by atoms with Crippen LogP contribution in [0.15, 0.2) is 23.3 Å². The molecule has 0 bridgehead atoms. The highest BCUT2D eigenvalue weighted by molar-refractivity contribution is 5.79. The fraction of sp³-hybridized carbons (Fsp3) is 0.667. The fourth-order valence-corrected chi connectivity index (χ4v) is 3.19. The van der Waals surface area contributed by atoms with E-state index < -0.39 is 11.7 Å². The maximum atomic E-state index is 13.0. The van der Waals surface area contributed by atoms with Crippen molar-refractivity contribution in [1.29, 1.82) is 0 Å². The Morgan fingerprint density at radius 2 is 2.11 bits per heavy atom. The maximum Gasteiger partial charge on any atom is 0.419 e. The Morgan fingerprint density at radius 1 is 1.30 bits per heavy atom. The summed E-state index contributed by atoms with van der Waals surface area (Å²) in [6.07, 6.45) is -0.726. The van der Waals surface area contributed by atoms with Crippen molar-refractivity contribution in [2.75, 3.05) is 44.6 Å². The van der Waals surface area contributed by atoms with Crippen LogP contribution in [-0.4, -0.2) is 61.2 Å². The monoisotopic (exact) mass is 386 g/mol. The van der Waals surface area contributed by atoms with E-state index >= 15 is 0 Å². The molecule has 152 valence electrons. The average molecular weight is 386 g/mol. The summed E-state index contributed by atoms with van der Waals surface area (Å²) < 4.78 is 38.9. The zero-order valence-corrected chi connectivity index (χ0v) is 15.9. The molecule has 1 aliphatic rings. The number of likely N-dealkylation sites (tertiary alicyclic amines) is 1. The van der Waals surface area contributed by atoms with Gasteiger partial charge in [0.15, 0.2) is 5.96 Å². The van der Waals surface area contributed by atoms with Gasteiger partial charge >= 0.3 is 6.18 Å². The van der Waals surface area contributed by atoms with Gasteiger partial charge in [-0.15, -0.1) is 0 Å². The lowest BCUT2D eigenvalue weighted by atomic mass is 10.2. The quantitative estimate of drug-likeness (QED) is 0.364. The zero-order chi connectivity index (χ0) is 19.7. The van der Waals surface area contributed by atoms with Crippen molar-refractivity contribution >= 4 is 11.8 Å². The van der Waals surface area contributed by atoms with E-state index in [-0.39, 0.29) is 5.82 Å². The number of nitrogens with one attached hydrogen (secondary N) is 3. The Hall–Kier alpha value is -2.03. The summed E-state index contributed by atoms with van der Waals surface area (Å²) in [5, 5.41) is 9.07. The van der Waals surface area contributed by atoms with Gasteiger partial charge in [-0.2, -0.15) is 13.2 Å². The van der Waals surface area contributed by atoms with Gasteiger partial charge in [0.2, 0.25) is 0 Å². The van der Waals surface area contributed by atoms with Crippen LogP contribution in [-0.2, 0) is 6.18 Å². The van der Waals surface area contributed by atoms with Crippen molar-refractivity contribution in [1.82, 2.24) is 20.5 Å². The van der Waals surface area contributed by atoms with Crippen molar-refractivity contribution in [3.05, 3.63) is 23.9 Å². The van der Waals surface area contributed by atoms with Crippen LogP contribution in [0.5, 0.6) is 0 Å². The fourth-order valence-electron chi connectivity index (χ4n) is 3.19. The second kappa shape index (κ2) is 10.3. The largest absolute Gasteiger partial charge is 0.419 e. The van der Waals surface area contributed by atoms with Crippen LogP contribution in [0, 0.1) is 0 Å². The predicted molar refractivity (Wildman–Crippen MR) is 102 cm³/mol. The normalized spacial score (nSPS) is 18.6. The van der Waals surface area contributed by atoms with Crippen LogP contribution in [0.3, 0.4) is 0 Å². The van der Waals surface area contributed by atoms with E-state index in [0.717, 1.165) is 38.7 Å². The van der Waals surface area contributed by atoms with Gasteiger partial charge in [0.25, 0.3) is 0 Å². The lowest BCUT2D eigenvalue weighted by molar-refractivity contribution is -0.137. The van der Waals surface area contributed by atoms with Crippen molar-refractivity contribution in [3.63, 3.8) is 0 Å². The van der Waals surface area contributed by atoms with Gasteiger partial charge in [0.1, 0.15) is 5.82 Å². The molecule has 0 saturated carbocycles. The van der Waals surface area contributed by atoms with Gasteiger partial charge in [0, 0.05) is 31.9 Å². The molecule has 9 heteroatoms. The highest BCUT2D eigenvalue weighted by Crippen LogP contribution is 2.33. The van der Waals surface area contributed by atoms with Gasteiger partial charge < -0.3 is 16.0 Å². The van der Waals surface area contributed by atoms with Gasteiger partial charge in [-0.3, -0.25) is 9.89 Å². The molecule has 1 fully saturated rings. The number of anilines is 1. The number of rotatable bonds is 8. The smallest absolute Gasteiger partial charge is 0.368 e. The number of likely N-dealkylation sites (N-methyl/N-ethyl adjacent to an activating group) is 1. The molecule has 0 radical (unpaired) electrons. The Kier molecular flexibility index (Phi) is 8.15. The third-order valence-electron chi connectivity index (χ3n) is 4.53. The molecular formula is C18H29F3N6. The molecule has 1 aromatic heterocycles. The van der Waals surface area contributed by atoms with E-state index in [1.54, 1.807) is 0 Å². The highest BCUT2D eigenvalue weighted by atomic mass is 19.4. The van der Waals surface area contributed by atoms with E-state index in [2.05, 4.69) is 37.8 Å². The Bertz CT molecular complexity index is 605. The molecule has 1 saturated heterocycles. The summed E-state index contributed by atoms with van der Waals surface area (Å²) >= 11 is 0. The van der Waals surface area contributed by atoms with Crippen LogP contribution >= 0.6 is 0 Å². The van der Waals surface area contributed by atoms with Crippen LogP contribution < -0.4 is 16.0 Å². The van der Waals surface area contributed by atoms with Crippen molar-refractivity contribution in [2.24, 2.45) is 4.99 Å². The number of halogens is 3. The number of guanidine groups is 1. The first-order valence-electron chi connectivity index (χ1n) is 9.48. The molecule has 1 atom stereocenters. The van der Waals surface area contributed by atoms with Crippen molar-refractivity contribution in [3.8, 4) is 0 Å². The molecular weight excluding hydrogens is 357 g/mol. The third kappa shape index (κ3) is 6.57. The van der Waals surface area contributed by atoms with E-state index in [1.807, 2.05) is 6.92 Å². The molecule has 0 amide bonds. The van der Waals surface area contributed by atoms with Gasteiger partial charge in [-0.1, -0.05) is 6.92 Å². The summed E-state index contributed by atoms with van der Waals surface area (Å²) in [7, 11) is 0. The van der Waals surface area contributed by atoms with E-state index in [0.29, 0.717) is 25.1 Å². The second-order valence-corrected chi connectivity index (χ2v) is 6.40. The number of aliphatic imine (C=N–C) groups is 1. The summed E-state index contributed by atoms with van der Waals surface area (Å²) in [4.78, 5) is 10.8. The van der Waals surface area contributed by atoms with E-state index in [9.17, 15) is 13.2 Å². The number of nitrogens with zero attached hydrogens (tertiary/aromatic N) is 3. The summed E-state index contributed by atoms with van der Waals surface area (Å²) in [6, 6.07) is 2.77. The maximum absolute atomic E-state index is 13.0. The first kappa shape index (κ1) is 21.3. The Morgan fingerprint density at radius 3 is 2.81 bits per heavy atom. The molecule has 0 spiro atoms. The lowest BCUT2D eigenvalue weighted by Crippen LogP contribution is -2.41. The molecule has 1 aliphatic heterocycles. The lowest BCUT2D eigenvalue weighted by Gasteiger charge is -2.21. The Balaban J connectivity index is 1.84. The predicted octanol–water partition coefficient (Wildman–Crippen LogP) is 2.55. The zero-order valence-electron chi connectivity index (χ0n) is 15.9. The minimum Gasteiger partial charge on any atom is -0.368 e. The minimum atomic E-state index is -4.42. The molecule has 1 aromatic rings. The summed E-state index contributed by atoms with van der Waals surface area (Å²) in [5.74, 6) is 0.526. The number of alkyl halides is 3. The SMILES string of the molecule is CCNC(=NCC1CCCN1CC)NCCNc1ncccc1C(F)(F)F. The molecule has 3 N–H and O–H groups in total. The third-order valence-corrected chi connectivity index (χ3v) is 4.53. The Labute approximate surface area is 158 Å². The second-order valence-electron chi connectivity index (χ2n) is 6.40.